The number of rotatable bonds is 0. The lowest BCUT2D eigenvalue weighted by Gasteiger charge is -2.03. The zero-order valence-corrected chi connectivity index (χ0v) is 7.20. The number of hydrogen-bond donors (Lipinski definition) is 0. The molecule has 0 spiro atoms. The van der Waals surface area contributed by atoms with Gasteiger partial charge in [-0.05, 0) is 12.8 Å². The van der Waals surface area contributed by atoms with Crippen LogP contribution >= 0.6 is 0 Å². The molecule has 1 rings (SSSR count). The summed E-state index contributed by atoms with van der Waals surface area (Å²) < 4.78 is 11.0. The first-order valence-corrected chi connectivity index (χ1v) is 5.00. The van der Waals surface area contributed by atoms with Crippen molar-refractivity contribution in [3.8, 4) is 11.8 Å². The Labute approximate surface area is 64.7 Å². The molecule has 56 valence electrons. The van der Waals surface area contributed by atoms with E-state index < -0.39 is 10.8 Å². The van der Waals surface area contributed by atoms with Crippen LogP contribution in [0.3, 0.4) is 0 Å². The monoisotopic (exact) mass is 156 g/mol. The molecule has 2 heteroatoms. The highest BCUT2D eigenvalue weighted by molar-refractivity contribution is 7.85. The standard InChI is InChI=1S/C8H12OS/c1-3-4-8-6-10(9)5-7(8)2/h7-8H,5-6H2,1-2H3. The van der Waals surface area contributed by atoms with Gasteiger partial charge in [0, 0.05) is 28.2 Å². The fourth-order valence-electron chi connectivity index (χ4n) is 1.21. The van der Waals surface area contributed by atoms with Crippen molar-refractivity contribution in [2.24, 2.45) is 11.8 Å². The first kappa shape index (κ1) is 7.81. The van der Waals surface area contributed by atoms with E-state index in [2.05, 4.69) is 18.8 Å². The first-order chi connectivity index (χ1) is 4.74. The summed E-state index contributed by atoms with van der Waals surface area (Å²) in [7, 11) is -0.587. The average Bonchev–Trinajstić information content (AvgIpc) is 2.13. The van der Waals surface area contributed by atoms with E-state index in [1.165, 1.54) is 0 Å². The van der Waals surface area contributed by atoms with Crippen LogP contribution in [-0.2, 0) is 10.8 Å². The van der Waals surface area contributed by atoms with Crippen LogP contribution in [0.2, 0.25) is 0 Å². The largest absolute Gasteiger partial charge is 0.260 e. The van der Waals surface area contributed by atoms with Crippen LogP contribution in [0.5, 0.6) is 0 Å². The van der Waals surface area contributed by atoms with Crippen molar-refractivity contribution in [3.63, 3.8) is 0 Å². The van der Waals surface area contributed by atoms with Crippen molar-refractivity contribution in [1.29, 1.82) is 0 Å². The summed E-state index contributed by atoms with van der Waals surface area (Å²) in [6.07, 6.45) is 0. The predicted molar refractivity (Wildman–Crippen MR) is 44.0 cm³/mol. The molecule has 0 bridgehead atoms. The lowest BCUT2D eigenvalue weighted by atomic mass is 9.99. The summed E-state index contributed by atoms with van der Waals surface area (Å²) in [6, 6.07) is 0. The molecule has 0 aliphatic carbocycles. The van der Waals surface area contributed by atoms with Crippen LogP contribution in [0, 0.1) is 23.7 Å². The minimum absolute atomic E-state index is 0.394. The van der Waals surface area contributed by atoms with Gasteiger partial charge in [0.05, 0.1) is 0 Å². The number of hydrogen-bond acceptors (Lipinski definition) is 1. The van der Waals surface area contributed by atoms with Crippen LogP contribution in [0.4, 0.5) is 0 Å². The summed E-state index contributed by atoms with van der Waals surface area (Å²) in [4.78, 5) is 0. The highest BCUT2D eigenvalue weighted by Gasteiger charge is 2.26. The van der Waals surface area contributed by atoms with E-state index >= 15 is 0 Å². The normalized spacial score (nSPS) is 38.8. The molecule has 0 radical (unpaired) electrons. The molecule has 1 saturated heterocycles. The molecule has 1 fully saturated rings. The molecular weight excluding hydrogens is 144 g/mol. The molecule has 0 amide bonds. The topological polar surface area (TPSA) is 17.1 Å². The van der Waals surface area contributed by atoms with Gasteiger partial charge in [-0.25, -0.2) is 0 Å². The van der Waals surface area contributed by atoms with Crippen LogP contribution < -0.4 is 0 Å². The Morgan fingerprint density at radius 1 is 1.50 bits per heavy atom. The molecule has 0 aromatic rings. The van der Waals surface area contributed by atoms with E-state index in [4.69, 9.17) is 0 Å². The van der Waals surface area contributed by atoms with Gasteiger partial charge in [0.15, 0.2) is 0 Å². The van der Waals surface area contributed by atoms with E-state index in [1.54, 1.807) is 0 Å². The van der Waals surface area contributed by atoms with Crippen molar-refractivity contribution < 1.29 is 4.21 Å². The molecule has 1 heterocycles. The quantitative estimate of drug-likeness (QED) is 0.479. The molecule has 1 aliphatic rings. The zero-order valence-electron chi connectivity index (χ0n) is 6.39. The van der Waals surface area contributed by atoms with Crippen molar-refractivity contribution >= 4 is 10.8 Å². The Morgan fingerprint density at radius 3 is 2.60 bits per heavy atom. The van der Waals surface area contributed by atoms with Gasteiger partial charge < -0.3 is 0 Å². The summed E-state index contributed by atoms with van der Waals surface area (Å²) in [5.41, 5.74) is 0. The fourth-order valence-corrected chi connectivity index (χ4v) is 2.98. The lowest BCUT2D eigenvalue weighted by molar-refractivity contribution is 0.560. The maximum atomic E-state index is 11.0. The second-order valence-corrected chi connectivity index (χ2v) is 4.30. The smallest absolute Gasteiger partial charge is 0.0375 e. The maximum Gasteiger partial charge on any atom is 0.0375 e. The van der Waals surface area contributed by atoms with E-state index in [1.807, 2.05) is 6.92 Å². The Bertz CT molecular complexity index is 199. The third-order valence-corrected chi connectivity index (χ3v) is 3.46. The van der Waals surface area contributed by atoms with Crippen LogP contribution in [0.15, 0.2) is 0 Å². The molecule has 1 aliphatic heterocycles. The maximum absolute atomic E-state index is 11.0. The molecule has 10 heavy (non-hydrogen) atoms. The first-order valence-electron chi connectivity index (χ1n) is 3.51. The molecule has 3 unspecified atom stereocenters. The second kappa shape index (κ2) is 3.21. The minimum atomic E-state index is -0.587. The summed E-state index contributed by atoms with van der Waals surface area (Å²) in [5, 5.41) is 0. The highest BCUT2D eigenvalue weighted by atomic mass is 32.2. The minimum Gasteiger partial charge on any atom is -0.260 e. The second-order valence-electron chi connectivity index (χ2n) is 2.75. The van der Waals surface area contributed by atoms with E-state index in [-0.39, 0.29) is 0 Å². The van der Waals surface area contributed by atoms with E-state index in [0.717, 1.165) is 11.5 Å². The summed E-state index contributed by atoms with van der Waals surface area (Å²) >= 11 is 0. The van der Waals surface area contributed by atoms with Crippen LogP contribution in [-0.4, -0.2) is 15.7 Å². The Hall–Kier alpha value is -0.290. The highest BCUT2D eigenvalue weighted by Crippen LogP contribution is 2.21. The molecule has 3 atom stereocenters. The van der Waals surface area contributed by atoms with Gasteiger partial charge >= 0.3 is 0 Å². The Morgan fingerprint density at radius 2 is 2.20 bits per heavy atom. The lowest BCUT2D eigenvalue weighted by Crippen LogP contribution is -2.04. The average molecular weight is 156 g/mol. The van der Waals surface area contributed by atoms with Crippen molar-refractivity contribution in [3.05, 3.63) is 0 Å². The van der Waals surface area contributed by atoms with Gasteiger partial charge in [-0.3, -0.25) is 4.21 Å². The predicted octanol–water partition coefficient (Wildman–Crippen LogP) is 1.02. The summed E-state index contributed by atoms with van der Waals surface area (Å²) in [5.74, 6) is 8.53. The van der Waals surface area contributed by atoms with E-state index in [0.29, 0.717) is 11.8 Å². The van der Waals surface area contributed by atoms with Crippen molar-refractivity contribution in [2.45, 2.75) is 13.8 Å². The van der Waals surface area contributed by atoms with Gasteiger partial charge in [0.25, 0.3) is 0 Å². The molecule has 0 aromatic heterocycles. The third-order valence-electron chi connectivity index (χ3n) is 1.83. The van der Waals surface area contributed by atoms with Crippen LogP contribution in [0.1, 0.15) is 13.8 Å². The molecule has 0 N–H and O–H groups in total. The Kier molecular flexibility index (Phi) is 2.50. The van der Waals surface area contributed by atoms with Crippen molar-refractivity contribution in [1.82, 2.24) is 0 Å². The SMILES string of the molecule is CC#CC1CS(=O)CC1C. The van der Waals surface area contributed by atoms with Gasteiger partial charge in [0.2, 0.25) is 0 Å². The van der Waals surface area contributed by atoms with E-state index in [9.17, 15) is 4.21 Å². The third kappa shape index (κ3) is 1.60. The van der Waals surface area contributed by atoms with Crippen molar-refractivity contribution in [2.75, 3.05) is 11.5 Å². The summed E-state index contributed by atoms with van der Waals surface area (Å²) in [6.45, 7) is 3.97. The molecule has 1 nitrogen and oxygen atoms in total. The zero-order chi connectivity index (χ0) is 7.56. The van der Waals surface area contributed by atoms with Gasteiger partial charge in [-0.1, -0.05) is 12.8 Å². The fraction of sp³-hybridized carbons (Fsp3) is 0.750. The van der Waals surface area contributed by atoms with Gasteiger partial charge in [-0.2, -0.15) is 0 Å². The van der Waals surface area contributed by atoms with Gasteiger partial charge in [0.1, 0.15) is 0 Å². The molecule has 0 aromatic carbocycles. The Balaban J connectivity index is 2.60. The van der Waals surface area contributed by atoms with Gasteiger partial charge in [-0.15, -0.1) is 5.92 Å². The van der Waals surface area contributed by atoms with Crippen LogP contribution in [0.25, 0.3) is 0 Å². The molecule has 0 saturated carbocycles. The molecular formula is C8H12OS.